The van der Waals surface area contributed by atoms with Gasteiger partial charge >= 0.3 is 0 Å². The number of nitrogens with zero attached hydrogens (tertiary/aromatic N) is 1. The molecule has 0 unspecified atom stereocenters. The van der Waals surface area contributed by atoms with Gasteiger partial charge in [0.1, 0.15) is 11.5 Å². The smallest absolute Gasteiger partial charge is 0.252 e. The standard InChI is InChI=1S/C20H20N2O3/c1-24-15-7-8-18-17(13-15)16(10-12-21-18)20(23)22-11-9-14-5-3-4-6-19(14)25-2/h3-8,10,12-13H,9,11H2,1-2H3,(H,22,23). The van der Waals surface area contributed by atoms with Crippen molar-refractivity contribution < 1.29 is 14.3 Å². The molecule has 25 heavy (non-hydrogen) atoms. The van der Waals surface area contributed by atoms with Crippen molar-refractivity contribution in [3.63, 3.8) is 0 Å². The van der Waals surface area contributed by atoms with E-state index >= 15 is 0 Å². The second kappa shape index (κ2) is 7.66. The minimum absolute atomic E-state index is 0.129. The number of para-hydroxylation sites is 1. The molecule has 0 atom stereocenters. The Hall–Kier alpha value is -3.08. The summed E-state index contributed by atoms with van der Waals surface area (Å²) in [5.74, 6) is 1.40. The molecular weight excluding hydrogens is 316 g/mol. The van der Waals surface area contributed by atoms with E-state index in [1.807, 2.05) is 42.5 Å². The van der Waals surface area contributed by atoms with Crippen molar-refractivity contribution in [3.8, 4) is 11.5 Å². The molecular formula is C20H20N2O3. The van der Waals surface area contributed by atoms with Crippen LogP contribution in [0.2, 0.25) is 0 Å². The van der Waals surface area contributed by atoms with Crippen LogP contribution in [-0.4, -0.2) is 31.7 Å². The minimum Gasteiger partial charge on any atom is -0.497 e. The van der Waals surface area contributed by atoms with Crippen LogP contribution < -0.4 is 14.8 Å². The van der Waals surface area contributed by atoms with Gasteiger partial charge in [-0.1, -0.05) is 18.2 Å². The van der Waals surface area contributed by atoms with Gasteiger partial charge in [-0.25, -0.2) is 0 Å². The maximum absolute atomic E-state index is 12.6. The van der Waals surface area contributed by atoms with E-state index in [9.17, 15) is 4.79 Å². The summed E-state index contributed by atoms with van der Waals surface area (Å²) in [5, 5.41) is 3.74. The number of nitrogens with one attached hydrogen (secondary N) is 1. The summed E-state index contributed by atoms with van der Waals surface area (Å²) in [4.78, 5) is 16.9. The number of hydrogen-bond donors (Lipinski definition) is 1. The van der Waals surface area contributed by atoms with Gasteiger partial charge in [0.2, 0.25) is 0 Å². The molecule has 1 N–H and O–H groups in total. The predicted molar refractivity (Wildman–Crippen MR) is 97.3 cm³/mol. The molecule has 0 aliphatic carbocycles. The predicted octanol–water partition coefficient (Wildman–Crippen LogP) is 3.22. The second-order valence-corrected chi connectivity index (χ2v) is 5.56. The van der Waals surface area contributed by atoms with Gasteiger partial charge in [-0.3, -0.25) is 9.78 Å². The second-order valence-electron chi connectivity index (χ2n) is 5.56. The third-order valence-electron chi connectivity index (χ3n) is 4.07. The van der Waals surface area contributed by atoms with E-state index in [4.69, 9.17) is 9.47 Å². The molecule has 0 aliphatic rings. The van der Waals surface area contributed by atoms with Gasteiger partial charge in [0.05, 0.1) is 25.3 Å². The third-order valence-corrected chi connectivity index (χ3v) is 4.07. The molecule has 0 spiro atoms. The summed E-state index contributed by atoms with van der Waals surface area (Å²) < 4.78 is 10.6. The monoisotopic (exact) mass is 336 g/mol. The Labute approximate surface area is 146 Å². The summed E-state index contributed by atoms with van der Waals surface area (Å²) in [7, 11) is 3.25. The Morgan fingerprint density at radius 1 is 1.08 bits per heavy atom. The zero-order valence-corrected chi connectivity index (χ0v) is 14.3. The number of carbonyl (C=O) groups is 1. The van der Waals surface area contributed by atoms with Crippen molar-refractivity contribution in [1.29, 1.82) is 0 Å². The topological polar surface area (TPSA) is 60.5 Å². The fraction of sp³-hybridized carbons (Fsp3) is 0.200. The molecule has 0 fully saturated rings. The van der Waals surface area contributed by atoms with E-state index in [2.05, 4.69) is 10.3 Å². The Morgan fingerprint density at radius 3 is 2.72 bits per heavy atom. The van der Waals surface area contributed by atoms with Crippen molar-refractivity contribution in [2.75, 3.05) is 20.8 Å². The highest BCUT2D eigenvalue weighted by atomic mass is 16.5. The van der Waals surface area contributed by atoms with Crippen LogP contribution >= 0.6 is 0 Å². The number of pyridine rings is 1. The molecule has 2 aromatic carbocycles. The number of fused-ring (bicyclic) bond motifs is 1. The number of rotatable bonds is 6. The summed E-state index contributed by atoms with van der Waals surface area (Å²) in [5.41, 5.74) is 2.41. The van der Waals surface area contributed by atoms with Gasteiger partial charge in [-0.15, -0.1) is 0 Å². The molecule has 5 heteroatoms. The van der Waals surface area contributed by atoms with Crippen molar-refractivity contribution in [1.82, 2.24) is 10.3 Å². The molecule has 128 valence electrons. The Balaban J connectivity index is 1.74. The van der Waals surface area contributed by atoms with Crippen molar-refractivity contribution in [2.24, 2.45) is 0 Å². The molecule has 1 heterocycles. The first-order valence-electron chi connectivity index (χ1n) is 8.06. The lowest BCUT2D eigenvalue weighted by atomic mass is 10.1. The van der Waals surface area contributed by atoms with Crippen LogP contribution in [0, 0.1) is 0 Å². The number of methoxy groups -OCH3 is 2. The first kappa shape index (κ1) is 16.8. The van der Waals surface area contributed by atoms with E-state index in [0.717, 1.165) is 22.2 Å². The van der Waals surface area contributed by atoms with Crippen LogP contribution in [0.4, 0.5) is 0 Å². The number of hydrogen-bond acceptors (Lipinski definition) is 4. The molecule has 1 amide bonds. The van der Waals surface area contributed by atoms with Gasteiger partial charge in [0, 0.05) is 18.1 Å². The van der Waals surface area contributed by atoms with Crippen LogP contribution in [0.1, 0.15) is 15.9 Å². The highest BCUT2D eigenvalue weighted by Crippen LogP contribution is 2.22. The largest absolute Gasteiger partial charge is 0.497 e. The molecule has 0 saturated carbocycles. The van der Waals surface area contributed by atoms with Crippen molar-refractivity contribution in [3.05, 3.63) is 65.9 Å². The molecule has 3 rings (SSSR count). The number of ether oxygens (including phenoxy) is 2. The molecule has 0 radical (unpaired) electrons. The fourth-order valence-corrected chi connectivity index (χ4v) is 2.77. The van der Waals surface area contributed by atoms with Crippen molar-refractivity contribution in [2.45, 2.75) is 6.42 Å². The molecule has 0 aliphatic heterocycles. The lowest BCUT2D eigenvalue weighted by molar-refractivity contribution is 0.0955. The maximum atomic E-state index is 12.6. The summed E-state index contributed by atoms with van der Waals surface area (Å²) >= 11 is 0. The van der Waals surface area contributed by atoms with Crippen LogP contribution in [0.3, 0.4) is 0 Å². The number of aromatic nitrogens is 1. The van der Waals surface area contributed by atoms with Crippen LogP contribution in [0.15, 0.2) is 54.7 Å². The summed E-state index contributed by atoms with van der Waals surface area (Å²) in [6.45, 7) is 0.521. The zero-order valence-electron chi connectivity index (χ0n) is 14.3. The average molecular weight is 336 g/mol. The summed E-state index contributed by atoms with van der Waals surface area (Å²) in [6, 6.07) is 15.0. The minimum atomic E-state index is -0.129. The fourth-order valence-electron chi connectivity index (χ4n) is 2.77. The number of carbonyl (C=O) groups excluding carboxylic acids is 1. The molecule has 0 saturated heterocycles. The molecule has 0 bridgehead atoms. The van der Waals surface area contributed by atoms with Gasteiger partial charge in [-0.2, -0.15) is 0 Å². The van der Waals surface area contributed by atoms with E-state index in [-0.39, 0.29) is 5.91 Å². The quantitative estimate of drug-likeness (QED) is 0.751. The average Bonchev–Trinajstić information content (AvgIpc) is 2.67. The SMILES string of the molecule is COc1ccc2nccc(C(=O)NCCc3ccccc3OC)c2c1. The summed E-state index contributed by atoms with van der Waals surface area (Å²) in [6.07, 6.45) is 2.34. The highest BCUT2D eigenvalue weighted by Gasteiger charge is 2.11. The van der Waals surface area contributed by atoms with Gasteiger partial charge in [0.25, 0.3) is 5.91 Å². The van der Waals surface area contributed by atoms with E-state index in [1.165, 1.54) is 0 Å². The first-order chi connectivity index (χ1) is 12.2. The zero-order chi connectivity index (χ0) is 17.6. The van der Waals surface area contributed by atoms with Gasteiger partial charge < -0.3 is 14.8 Å². The van der Waals surface area contributed by atoms with E-state index < -0.39 is 0 Å². The highest BCUT2D eigenvalue weighted by molar-refractivity contribution is 6.06. The van der Waals surface area contributed by atoms with E-state index in [0.29, 0.717) is 24.3 Å². The molecule has 3 aromatic rings. The number of amides is 1. The van der Waals surface area contributed by atoms with Gasteiger partial charge in [0.15, 0.2) is 0 Å². The van der Waals surface area contributed by atoms with Crippen LogP contribution in [0.5, 0.6) is 11.5 Å². The Morgan fingerprint density at radius 2 is 1.92 bits per heavy atom. The van der Waals surface area contributed by atoms with Gasteiger partial charge in [-0.05, 0) is 42.3 Å². The Bertz CT molecular complexity index is 893. The normalized spacial score (nSPS) is 10.5. The Kier molecular flexibility index (Phi) is 5.14. The molecule has 1 aromatic heterocycles. The van der Waals surface area contributed by atoms with E-state index in [1.54, 1.807) is 26.5 Å². The molecule has 5 nitrogen and oxygen atoms in total. The lowest BCUT2D eigenvalue weighted by Gasteiger charge is -2.10. The van der Waals surface area contributed by atoms with Crippen LogP contribution in [0.25, 0.3) is 10.9 Å². The third kappa shape index (κ3) is 3.71. The van der Waals surface area contributed by atoms with Crippen molar-refractivity contribution >= 4 is 16.8 Å². The lowest BCUT2D eigenvalue weighted by Crippen LogP contribution is -2.26. The first-order valence-corrected chi connectivity index (χ1v) is 8.06. The maximum Gasteiger partial charge on any atom is 0.252 e. The van der Waals surface area contributed by atoms with Crippen LogP contribution in [-0.2, 0) is 6.42 Å². The number of benzene rings is 2.